The van der Waals surface area contributed by atoms with Crippen LogP contribution in [-0.4, -0.2) is 49.8 Å². The monoisotopic (exact) mass is 351 g/mol. The summed E-state index contributed by atoms with van der Waals surface area (Å²) >= 11 is 0. The molecule has 1 aromatic heterocycles. The van der Waals surface area contributed by atoms with Crippen LogP contribution < -0.4 is 5.43 Å². The first-order valence-electron chi connectivity index (χ1n) is 8.58. The number of fused-ring (bicyclic) bond motifs is 1. The topological polar surface area (TPSA) is 81.3 Å². The maximum absolute atomic E-state index is 9.47. The molecule has 1 aromatic carbocycles. The van der Waals surface area contributed by atoms with Gasteiger partial charge in [-0.25, -0.2) is 14.7 Å². The van der Waals surface area contributed by atoms with Gasteiger partial charge in [-0.2, -0.15) is 10.2 Å². The summed E-state index contributed by atoms with van der Waals surface area (Å²) in [6.07, 6.45) is 6.39. The average Bonchev–Trinajstić information content (AvgIpc) is 3.21. The van der Waals surface area contributed by atoms with Crippen LogP contribution in [0.15, 0.2) is 58.8 Å². The van der Waals surface area contributed by atoms with Crippen molar-refractivity contribution in [3.8, 4) is 5.75 Å². The largest absolute Gasteiger partial charge is 0.508 e. The zero-order valence-electron chi connectivity index (χ0n) is 14.7. The molecule has 0 saturated carbocycles. The van der Waals surface area contributed by atoms with E-state index in [2.05, 4.69) is 20.6 Å². The average molecular weight is 351 g/mol. The highest BCUT2D eigenvalue weighted by molar-refractivity contribution is 6.07. The summed E-state index contributed by atoms with van der Waals surface area (Å²) in [6, 6.07) is 9.15. The third kappa shape index (κ3) is 3.01. The van der Waals surface area contributed by atoms with E-state index >= 15 is 0 Å². The van der Waals surface area contributed by atoms with Crippen LogP contribution >= 0.6 is 0 Å². The van der Waals surface area contributed by atoms with Crippen molar-refractivity contribution in [2.24, 2.45) is 10.1 Å². The minimum Gasteiger partial charge on any atom is -0.508 e. The number of likely N-dealkylation sites (N-methyl/N-ethyl adjacent to an activating group) is 1. The van der Waals surface area contributed by atoms with E-state index in [1.807, 2.05) is 59.0 Å². The Hall–Kier alpha value is -3.29. The van der Waals surface area contributed by atoms with Gasteiger partial charge in [0.05, 0.1) is 6.20 Å². The first-order chi connectivity index (χ1) is 12.6. The zero-order valence-corrected chi connectivity index (χ0v) is 14.7. The predicted octanol–water partition coefficient (Wildman–Crippen LogP) is 1.84. The lowest BCUT2D eigenvalue weighted by molar-refractivity contribution is 0.140. The van der Waals surface area contributed by atoms with Crippen molar-refractivity contribution in [3.63, 3.8) is 0 Å². The molecule has 4 rings (SSSR count). The van der Waals surface area contributed by atoms with Crippen LogP contribution in [0.4, 0.5) is 5.82 Å². The fourth-order valence-corrected chi connectivity index (χ4v) is 3.07. The van der Waals surface area contributed by atoms with Gasteiger partial charge in [-0.15, -0.1) is 0 Å². The Labute approximate surface area is 151 Å². The number of rotatable bonds is 4. The summed E-state index contributed by atoms with van der Waals surface area (Å²) in [7, 11) is 1.95. The lowest BCUT2D eigenvalue weighted by Gasteiger charge is -2.32. The number of hydrazone groups is 1. The Morgan fingerprint density at radius 1 is 1.19 bits per heavy atom. The van der Waals surface area contributed by atoms with E-state index in [1.165, 1.54) is 0 Å². The van der Waals surface area contributed by atoms with E-state index in [-0.39, 0.29) is 11.9 Å². The van der Waals surface area contributed by atoms with Gasteiger partial charge < -0.3 is 5.11 Å². The number of aromatic nitrogens is 2. The molecule has 1 unspecified atom stereocenters. The highest BCUT2D eigenvalue weighted by Crippen LogP contribution is 2.22. The number of aryl methyl sites for hydroxylation is 1. The molecular weight excluding hydrogens is 330 g/mol. The molecule has 26 heavy (non-hydrogen) atoms. The van der Waals surface area contributed by atoms with E-state index in [1.54, 1.807) is 18.3 Å². The van der Waals surface area contributed by atoms with Crippen LogP contribution in [0.25, 0.3) is 0 Å². The third-order valence-corrected chi connectivity index (χ3v) is 4.44. The van der Waals surface area contributed by atoms with Gasteiger partial charge in [0, 0.05) is 26.1 Å². The standard InChI is InChI=1S/C18H21N7O/c1-3-24-16(10-11-19-24)20-15-8-9-17-22-23(2)18(25(17)21-15)12-13-4-6-14(26)7-5-13/h4-11,18,26H,3,12H2,1-2H3,(H,20,21). The number of hydrogen-bond donors (Lipinski definition) is 2. The van der Waals surface area contributed by atoms with Gasteiger partial charge in [0.15, 0.2) is 11.7 Å². The number of hydrazine groups is 1. The Kier molecular flexibility index (Phi) is 4.08. The van der Waals surface area contributed by atoms with Crippen molar-refractivity contribution in [2.75, 3.05) is 7.05 Å². The Morgan fingerprint density at radius 2 is 2.00 bits per heavy atom. The number of aliphatic imine (C=N–C) groups is 1. The highest BCUT2D eigenvalue weighted by atomic mass is 16.3. The fraction of sp³-hybridized carbons (Fsp3) is 0.278. The van der Waals surface area contributed by atoms with Gasteiger partial charge in [0.1, 0.15) is 17.8 Å². The molecule has 8 nitrogen and oxygen atoms in total. The third-order valence-electron chi connectivity index (χ3n) is 4.44. The van der Waals surface area contributed by atoms with E-state index in [4.69, 9.17) is 0 Å². The van der Waals surface area contributed by atoms with Crippen LogP contribution in [0.5, 0.6) is 5.75 Å². The lowest BCUT2D eigenvalue weighted by Crippen LogP contribution is -2.53. The van der Waals surface area contributed by atoms with Crippen molar-refractivity contribution >= 4 is 17.5 Å². The zero-order chi connectivity index (χ0) is 18.1. The molecule has 0 spiro atoms. The molecule has 134 valence electrons. The molecule has 0 aliphatic carbocycles. The van der Waals surface area contributed by atoms with Crippen molar-refractivity contribution in [1.82, 2.24) is 25.2 Å². The number of benzene rings is 1. The quantitative estimate of drug-likeness (QED) is 0.878. The van der Waals surface area contributed by atoms with Gasteiger partial charge >= 0.3 is 0 Å². The Morgan fingerprint density at radius 3 is 2.77 bits per heavy atom. The molecule has 0 bridgehead atoms. The summed E-state index contributed by atoms with van der Waals surface area (Å²) in [5.74, 6) is 2.67. The normalized spacial score (nSPS) is 20.3. The lowest BCUT2D eigenvalue weighted by atomic mass is 10.1. The minimum absolute atomic E-state index is 0.0146. The summed E-state index contributed by atoms with van der Waals surface area (Å²) in [5.41, 5.74) is 4.47. The first kappa shape index (κ1) is 16.2. The minimum atomic E-state index is 0.0146. The maximum atomic E-state index is 9.47. The molecule has 2 aliphatic heterocycles. The molecule has 0 radical (unpaired) electrons. The van der Waals surface area contributed by atoms with Gasteiger partial charge in [0.25, 0.3) is 0 Å². The summed E-state index contributed by atoms with van der Waals surface area (Å²) in [4.78, 5) is 4.66. The number of nitrogens with zero attached hydrogens (tertiary/aromatic N) is 6. The van der Waals surface area contributed by atoms with Crippen molar-refractivity contribution in [3.05, 3.63) is 54.2 Å². The molecule has 0 saturated heterocycles. The SMILES string of the molecule is CCn1nccc1/N=C1/C=CC2=NN(C)C(Cc3ccc(O)cc3)N2N1. The number of phenols is 1. The molecular formula is C18H21N7O. The maximum Gasteiger partial charge on any atom is 0.169 e. The van der Waals surface area contributed by atoms with Crippen LogP contribution in [0, 0.1) is 0 Å². The second-order valence-electron chi connectivity index (χ2n) is 6.20. The number of aromatic hydroxyl groups is 1. The molecule has 0 fully saturated rings. The van der Waals surface area contributed by atoms with Crippen molar-refractivity contribution in [1.29, 1.82) is 0 Å². The van der Waals surface area contributed by atoms with E-state index < -0.39 is 0 Å². The number of amidine groups is 2. The Bertz CT molecular complexity index is 881. The first-order valence-corrected chi connectivity index (χ1v) is 8.58. The molecule has 2 aliphatic rings. The van der Waals surface area contributed by atoms with Crippen LogP contribution in [0.3, 0.4) is 0 Å². The Balaban J connectivity index is 1.55. The number of nitrogens with one attached hydrogen (secondary N) is 1. The molecule has 1 atom stereocenters. The summed E-state index contributed by atoms with van der Waals surface area (Å²) in [5, 5.41) is 22.2. The molecule has 0 amide bonds. The second-order valence-corrected chi connectivity index (χ2v) is 6.20. The molecule has 3 heterocycles. The number of hydrogen-bond acceptors (Lipinski definition) is 6. The fourth-order valence-electron chi connectivity index (χ4n) is 3.07. The van der Waals surface area contributed by atoms with E-state index in [9.17, 15) is 5.11 Å². The van der Waals surface area contributed by atoms with Gasteiger partial charge in [-0.05, 0) is 36.8 Å². The number of phenolic OH excluding ortho intramolecular Hbond substituents is 1. The van der Waals surface area contributed by atoms with E-state index in [0.29, 0.717) is 0 Å². The molecule has 2 aromatic rings. The molecule has 8 heteroatoms. The van der Waals surface area contributed by atoms with Crippen LogP contribution in [0.2, 0.25) is 0 Å². The van der Waals surface area contributed by atoms with Crippen LogP contribution in [0.1, 0.15) is 12.5 Å². The van der Waals surface area contributed by atoms with Gasteiger partial charge in [0.2, 0.25) is 0 Å². The second kappa shape index (κ2) is 6.55. The highest BCUT2D eigenvalue weighted by Gasteiger charge is 2.33. The van der Waals surface area contributed by atoms with Crippen molar-refractivity contribution in [2.45, 2.75) is 26.1 Å². The van der Waals surface area contributed by atoms with Gasteiger partial charge in [-0.1, -0.05) is 12.1 Å². The van der Waals surface area contributed by atoms with Gasteiger partial charge in [-0.3, -0.25) is 10.4 Å². The molecule has 2 N–H and O–H groups in total. The summed E-state index contributed by atoms with van der Waals surface area (Å²) in [6.45, 7) is 2.81. The summed E-state index contributed by atoms with van der Waals surface area (Å²) < 4.78 is 1.84. The van der Waals surface area contributed by atoms with Crippen molar-refractivity contribution < 1.29 is 5.11 Å². The predicted molar refractivity (Wildman–Crippen MR) is 99.9 cm³/mol. The van der Waals surface area contributed by atoms with E-state index in [0.717, 1.165) is 36.0 Å². The smallest absolute Gasteiger partial charge is 0.169 e. The van der Waals surface area contributed by atoms with Crippen LogP contribution in [-0.2, 0) is 13.0 Å².